The van der Waals surface area contributed by atoms with E-state index in [0.717, 1.165) is 24.3 Å². The van der Waals surface area contributed by atoms with E-state index in [9.17, 15) is 4.79 Å². The van der Waals surface area contributed by atoms with Gasteiger partial charge in [0, 0.05) is 13.6 Å². The molecule has 4 heteroatoms. The number of carbonyl (C=O) groups is 1. The number of hydrogen-bond donors (Lipinski definition) is 2. The summed E-state index contributed by atoms with van der Waals surface area (Å²) in [6, 6.07) is -0.173. The van der Waals surface area contributed by atoms with E-state index in [4.69, 9.17) is 5.84 Å². The Labute approximate surface area is 84.8 Å². The van der Waals surface area contributed by atoms with Crippen molar-refractivity contribution in [1.82, 2.24) is 10.3 Å². The van der Waals surface area contributed by atoms with Gasteiger partial charge in [0.15, 0.2) is 0 Å². The molecule has 0 aliphatic heterocycles. The van der Waals surface area contributed by atoms with Crippen LogP contribution >= 0.6 is 0 Å². The molecular weight excluding hydrogens is 178 g/mol. The van der Waals surface area contributed by atoms with Gasteiger partial charge in [-0.05, 0) is 37.0 Å². The third-order valence-electron chi connectivity index (χ3n) is 3.86. The molecule has 80 valence electrons. The van der Waals surface area contributed by atoms with Gasteiger partial charge in [-0.25, -0.2) is 10.6 Å². The molecule has 3 unspecified atom stereocenters. The van der Waals surface area contributed by atoms with Gasteiger partial charge < -0.3 is 4.90 Å². The van der Waals surface area contributed by atoms with Crippen molar-refractivity contribution in [2.45, 2.75) is 25.7 Å². The first-order valence-electron chi connectivity index (χ1n) is 5.42. The molecule has 14 heavy (non-hydrogen) atoms. The third kappa shape index (κ3) is 1.71. The van der Waals surface area contributed by atoms with Crippen LogP contribution in [0.1, 0.15) is 25.7 Å². The summed E-state index contributed by atoms with van der Waals surface area (Å²) in [5.41, 5.74) is 2.17. The molecule has 0 saturated heterocycles. The minimum Gasteiger partial charge on any atom is -0.326 e. The summed E-state index contributed by atoms with van der Waals surface area (Å²) in [5.74, 6) is 7.61. The van der Waals surface area contributed by atoms with E-state index in [1.807, 2.05) is 7.05 Å². The van der Waals surface area contributed by atoms with E-state index >= 15 is 0 Å². The lowest BCUT2D eigenvalue weighted by Gasteiger charge is -2.26. The standard InChI is InChI=1S/C10H19N3O/c1-13(10(14)12-11)6-9-5-7-2-3-8(9)4-7/h7-9H,2-6,11H2,1H3,(H,12,14). The maximum atomic E-state index is 11.2. The molecule has 2 aliphatic carbocycles. The number of nitrogens with one attached hydrogen (secondary N) is 1. The molecule has 2 bridgehead atoms. The highest BCUT2D eigenvalue weighted by atomic mass is 16.2. The summed E-state index contributed by atoms with van der Waals surface area (Å²) in [4.78, 5) is 12.9. The average Bonchev–Trinajstić information content (AvgIpc) is 2.77. The molecule has 0 aromatic carbocycles. The molecule has 0 aromatic rings. The second kappa shape index (κ2) is 3.77. The van der Waals surface area contributed by atoms with Crippen molar-refractivity contribution in [3.05, 3.63) is 0 Å². The molecule has 4 nitrogen and oxygen atoms in total. The Balaban J connectivity index is 1.83. The number of urea groups is 1. The van der Waals surface area contributed by atoms with Crippen molar-refractivity contribution >= 4 is 6.03 Å². The predicted octanol–water partition coefficient (Wildman–Crippen LogP) is 0.938. The smallest absolute Gasteiger partial charge is 0.326 e. The first kappa shape index (κ1) is 9.77. The topological polar surface area (TPSA) is 58.4 Å². The van der Waals surface area contributed by atoms with Crippen LogP contribution in [0.15, 0.2) is 0 Å². The Hall–Kier alpha value is -0.770. The van der Waals surface area contributed by atoms with Crippen LogP contribution in [0.2, 0.25) is 0 Å². The zero-order valence-corrected chi connectivity index (χ0v) is 8.70. The molecule has 0 spiro atoms. The van der Waals surface area contributed by atoms with E-state index < -0.39 is 0 Å². The van der Waals surface area contributed by atoms with E-state index in [-0.39, 0.29) is 6.03 Å². The second-order valence-electron chi connectivity index (χ2n) is 4.76. The van der Waals surface area contributed by atoms with Crippen LogP contribution in [0.25, 0.3) is 0 Å². The van der Waals surface area contributed by atoms with Crippen molar-refractivity contribution in [3.63, 3.8) is 0 Å². The molecule has 0 heterocycles. The number of amides is 2. The summed E-state index contributed by atoms with van der Waals surface area (Å²) in [6.45, 7) is 0.865. The van der Waals surface area contributed by atoms with Gasteiger partial charge in [-0.15, -0.1) is 0 Å². The summed E-state index contributed by atoms with van der Waals surface area (Å²) < 4.78 is 0. The SMILES string of the molecule is CN(CC1CC2CCC1C2)C(=O)NN. The molecule has 2 saturated carbocycles. The fraction of sp³-hybridized carbons (Fsp3) is 0.900. The lowest BCUT2D eigenvalue weighted by Crippen LogP contribution is -2.43. The highest BCUT2D eigenvalue weighted by Gasteiger charge is 2.39. The van der Waals surface area contributed by atoms with Crippen LogP contribution in [0.3, 0.4) is 0 Å². The van der Waals surface area contributed by atoms with Gasteiger partial charge in [0.1, 0.15) is 0 Å². The van der Waals surface area contributed by atoms with E-state index in [2.05, 4.69) is 5.43 Å². The van der Waals surface area contributed by atoms with Crippen LogP contribution in [-0.4, -0.2) is 24.5 Å². The van der Waals surface area contributed by atoms with Gasteiger partial charge in [0.05, 0.1) is 0 Å². The van der Waals surface area contributed by atoms with Crippen molar-refractivity contribution in [2.24, 2.45) is 23.6 Å². The molecule has 3 N–H and O–H groups in total. The first-order valence-corrected chi connectivity index (χ1v) is 5.42. The van der Waals surface area contributed by atoms with Gasteiger partial charge in [0.2, 0.25) is 0 Å². The summed E-state index contributed by atoms with van der Waals surface area (Å²) in [6.07, 6.45) is 5.48. The quantitative estimate of drug-likeness (QED) is 0.393. The molecule has 2 aliphatic rings. The molecule has 0 radical (unpaired) electrons. The van der Waals surface area contributed by atoms with E-state index in [1.165, 1.54) is 25.7 Å². The number of carbonyl (C=O) groups excluding carboxylic acids is 1. The fourth-order valence-corrected chi connectivity index (χ4v) is 3.14. The van der Waals surface area contributed by atoms with Crippen molar-refractivity contribution < 1.29 is 4.79 Å². The third-order valence-corrected chi connectivity index (χ3v) is 3.86. The minimum absolute atomic E-state index is 0.173. The number of rotatable bonds is 2. The van der Waals surface area contributed by atoms with E-state index in [1.54, 1.807) is 4.90 Å². The second-order valence-corrected chi connectivity index (χ2v) is 4.76. The Morgan fingerprint density at radius 3 is 2.79 bits per heavy atom. The van der Waals surface area contributed by atoms with Crippen molar-refractivity contribution in [1.29, 1.82) is 0 Å². The van der Waals surface area contributed by atoms with E-state index in [0.29, 0.717) is 0 Å². The number of nitrogens with zero attached hydrogens (tertiary/aromatic N) is 1. The predicted molar refractivity (Wildman–Crippen MR) is 54.3 cm³/mol. The normalized spacial score (nSPS) is 34.6. The Bertz CT molecular complexity index is 231. The van der Waals surface area contributed by atoms with Crippen LogP contribution in [-0.2, 0) is 0 Å². The number of hydrogen-bond acceptors (Lipinski definition) is 2. The first-order chi connectivity index (χ1) is 6.70. The lowest BCUT2D eigenvalue weighted by molar-refractivity contribution is 0.188. The van der Waals surface area contributed by atoms with Crippen LogP contribution in [0.4, 0.5) is 4.79 Å². The van der Waals surface area contributed by atoms with Crippen LogP contribution < -0.4 is 11.3 Å². The highest BCUT2D eigenvalue weighted by molar-refractivity contribution is 5.73. The molecule has 2 amide bonds. The molecular formula is C10H19N3O. The number of fused-ring (bicyclic) bond motifs is 2. The minimum atomic E-state index is -0.173. The lowest BCUT2D eigenvalue weighted by atomic mass is 9.88. The largest absolute Gasteiger partial charge is 0.331 e. The Kier molecular flexibility index (Phi) is 2.63. The number of nitrogens with two attached hydrogens (primary N) is 1. The Morgan fingerprint density at radius 2 is 2.29 bits per heavy atom. The van der Waals surface area contributed by atoms with Gasteiger partial charge in [-0.1, -0.05) is 6.42 Å². The maximum Gasteiger partial charge on any atom is 0.331 e. The summed E-state index contributed by atoms with van der Waals surface area (Å²) >= 11 is 0. The molecule has 0 aromatic heterocycles. The molecule has 2 fully saturated rings. The summed E-state index contributed by atoms with van der Waals surface area (Å²) in [5, 5.41) is 0. The zero-order valence-electron chi connectivity index (χ0n) is 8.70. The number of hydrazine groups is 1. The van der Waals surface area contributed by atoms with Gasteiger partial charge in [-0.3, -0.25) is 5.43 Å². The monoisotopic (exact) mass is 197 g/mol. The van der Waals surface area contributed by atoms with Crippen molar-refractivity contribution in [3.8, 4) is 0 Å². The van der Waals surface area contributed by atoms with Gasteiger partial charge >= 0.3 is 6.03 Å². The maximum absolute atomic E-state index is 11.2. The fourth-order valence-electron chi connectivity index (χ4n) is 3.14. The van der Waals surface area contributed by atoms with Crippen molar-refractivity contribution in [2.75, 3.05) is 13.6 Å². The van der Waals surface area contributed by atoms with Gasteiger partial charge in [-0.2, -0.15) is 0 Å². The zero-order chi connectivity index (χ0) is 10.1. The highest BCUT2D eigenvalue weighted by Crippen LogP contribution is 2.48. The van der Waals surface area contributed by atoms with Gasteiger partial charge in [0.25, 0.3) is 0 Å². The average molecular weight is 197 g/mol. The van der Waals surface area contributed by atoms with Crippen LogP contribution in [0, 0.1) is 17.8 Å². The molecule has 2 rings (SSSR count). The van der Waals surface area contributed by atoms with Crippen LogP contribution in [0.5, 0.6) is 0 Å². The Morgan fingerprint density at radius 1 is 1.50 bits per heavy atom. The summed E-state index contributed by atoms with van der Waals surface area (Å²) in [7, 11) is 1.81. The molecule has 3 atom stereocenters.